The summed E-state index contributed by atoms with van der Waals surface area (Å²) >= 11 is 0. The second-order valence-corrected chi connectivity index (χ2v) is 7.28. The van der Waals surface area contributed by atoms with Crippen LogP contribution in [0.1, 0.15) is 25.1 Å². The van der Waals surface area contributed by atoms with Crippen molar-refractivity contribution in [2.24, 2.45) is 12.0 Å². The van der Waals surface area contributed by atoms with Crippen LogP contribution in [-0.4, -0.2) is 50.3 Å². The third kappa shape index (κ3) is 7.03. The number of aliphatic hydroxyl groups is 1. The van der Waals surface area contributed by atoms with Crippen LogP contribution in [0.25, 0.3) is 5.69 Å². The normalized spacial score (nSPS) is 13.4. The van der Waals surface area contributed by atoms with Crippen LogP contribution in [-0.2, 0) is 19.1 Å². The molecule has 3 rings (SSSR count). The fourth-order valence-corrected chi connectivity index (χ4v) is 2.91. The third-order valence-electron chi connectivity index (χ3n) is 4.63. The van der Waals surface area contributed by atoms with Gasteiger partial charge in [-0.15, -0.1) is 24.0 Å². The maximum Gasteiger partial charge on any atom is 0.191 e. The summed E-state index contributed by atoms with van der Waals surface area (Å²) in [5.41, 5.74) is 1.33. The van der Waals surface area contributed by atoms with Crippen molar-refractivity contribution >= 4 is 29.9 Å². The Morgan fingerprint density at radius 2 is 1.97 bits per heavy atom. The Kier molecular flexibility index (Phi) is 8.99. The van der Waals surface area contributed by atoms with Crippen molar-refractivity contribution in [2.45, 2.75) is 25.9 Å². The van der Waals surface area contributed by atoms with Gasteiger partial charge in [-0.3, -0.25) is 4.68 Å². The smallest absolute Gasteiger partial charge is 0.191 e. The first-order valence-electron chi connectivity index (χ1n) is 9.91. The van der Waals surface area contributed by atoms with E-state index in [4.69, 9.17) is 0 Å². The highest BCUT2D eigenvalue weighted by Crippen LogP contribution is 2.19. The van der Waals surface area contributed by atoms with Crippen molar-refractivity contribution in [2.75, 3.05) is 19.6 Å². The molecule has 3 N–H and O–H groups in total. The third-order valence-corrected chi connectivity index (χ3v) is 4.63. The van der Waals surface area contributed by atoms with Crippen LogP contribution in [0.4, 0.5) is 4.39 Å². The van der Waals surface area contributed by atoms with E-state index >= 15 is 0 Å². The lowest BCUT2D eigenvalue weighted by Crippen LogP contribution is -2.39. The van der Waals surface area contributed by atoms with Gasteiger partial charge in [-0.25, -0.2) is 14.1 Å². The number of nitrogens with one attached hydrogen (secondary N) is 2. The Hall–Kier alpha value is -2.47. The number of hydrogen-bond donors (Lipinski definition) is 3. The molecule has 1 unspecified atom stereocenters. The van der Waals surface area contributed by atoms with Crippen LogP contribution in [0, 0.1) is 5.82 Å². The molecule has 0 saturated heterocycles. The average molecular weight is 541 g/mol. The zero-order chi connectivity index (χ0) is 21.6. The van der Waals surface area contributed by atoms with Gasteiger partial charge in [0.2, 0.25) is 0 Å². The SMILES string of the molecule is CCNC(=NCC(C)(O)c1cnn(C)c1)NCCc1ccn(-c2ccc(F)cc2)n1.I. The molecule has 8 nitrogen and oxygen atoms in total. The van der Waals surface area contributed by atoms with E-state index in [0.29, 0.717) is 25.5 Å². The van der Waals surface area contributed by atoms with Crippen LogP contribution in [0.15, 0.2) is 53.9 Å². The molecule has 0 fully saturated rings. The molecule has 31 heavy (non-hydrogen) atoms. The topological polar surface area (TPSA) is 92.3 Å². The van der Waals surface area contributed by atoms with Crippen LogP contribution in [0.2, 0.25) is 0 Å². The van der Waals surface area contributed by atoms with Gasteiger partial charge in [-0.1, -0.05) is 0 Å². The fourth-order valence-electron chi connectivity index (χ4n) is 2.91. The molecule has 1 atom stereocenters. The lowest BCUT2D eigenvalue weighted by atomic mass is 10.0. The number of aryl methyl sites for hydroxylation is 1. The van der Waals surface area contributed by atoms with E-state index in [1.165, 1.54) is 12.1 Å². The summed E-state index contributed by atoms with van der Waals surface area (Å²) in [6.45, 7) is 5.24. The highest BCUT2D eigenvalue weighted by Gasteiger charge is 2.24. The predicted molar refractivity (Wildman–Crippen MR) is 129 cm³/mol. The molecule has 0 radical (unpaired) electrons. The van der Waals surface area contributed by atoms with Crippen LogP contribution in [0.3, 0.4) is 0 Å². The summed E-state index contributed by atoms with van der Waals surface area (Å²) in [5.74, 6) is 0.354. The summed E-state index contributed by atoms with van der Waals surface area (Å²) in [6.07, 6.45) is 5.98. The standard InChI is InChI=1S/C21H28FN7O.HI/c1-4-23-20(25-15-21(2,30)16-13-26-28(3)14-16)24-11-9-18-10-12-29(27-18)19-7-5-17(22)6-8-19;/h5-8,10,12-14,30H,4,9,11,15H2,1-3H3,(H2,23,24,25);1H. The van der Waals surface area contributed by atoms with E-state index in [-0.39, 0.29) is 36.3 Å². The molecule has 10 heteroatoms. The highest BCUT2D eigenvalue weighted by molar-refractivity contribution is 14.0. The molecule has 1 aromatic carbocycles. The first-order valence-corrected chi connectivity index (χ1v) is 9.91. The Balaban J connectivity index is 0.00000341. The van der Waals surface area contributed by atoms with Crippen molar-refractivity contribution in [3.63, 3.8) is 0 Å². The molecule has 2 heterocycles. The van der Waals surface area contributed by atoms with Crippen LogP contribution >= 0.6 is 24.0 Å². The Morgan fingerprint density at radius 3 is 2.61 bits per heavy atom. The number of halogens is 2. The second-order valence-electron chi connectivity index (χ2n) is 7.28. The van der Waals surface area contributed by atoms with E-state index < -0.39 is 5.60 Å². The number of aromatic nitrogens is 4. The molecule has 2 aromatic heterocycles. The number of hydrogen-bond acceptors (Lipinski definition) is 4. The number of benzene rings is 1. The number of nitrogens with zero attached hydrogens (tertiary/aromatic N) is 5. The summed E-state index contributed by atoms with van der Waals surface area (Å²) < 4.78 is 16.4. The number of rotatable bonds is 8. The van der Waals surface area contributed by atoms with Gasteiger partial charge in [-0.2, -0.15) is 10.2 Å². The minimum absolute atomic E-state index is 0. The van der Waals surface area contributed by atoms with Gasteiger partial charge in [0, 0.05) is 44.5 Å². The van der Waals surface area contributed by atoms with Crippen molar-refractivity contribution in [1.29, 1.82) is 0 Å². The summed E-state index contributed by atoms with van der Waals surface area (Å²) in [7, 11) is 1.81. The molecule has 0 bridgehead atoms. The van der Waals surface area contributed by atoms with E-state index in [9.17, 15) is 9.50 Å². The molecule has 0 aliphatic rings. The molecule has 168 valence electrons. The van der Waals surface area contributed by atoms with Gasteiger partial charge < -0.3 is 15.7 Å². The summed E-state index contributed by atoms with van der Waals surface area (Å²) in [6, 6.07) is 8.14. The van der Waals surface area contributed by atoms with Gasteiger partial charge in [0.1, 0.15) is 11.4 Å². The maximum absolute atomic E-state index is 13.1. The average Bonchev–Trinajstić information content (AvgIpc) is 3.36. The molecule has 0 spiro atoms. The molecular formula is C21H29FIN7O. The molecule has 0 saturated carbocycles. The zero-order valence-electron chi connectivity index (χ0n) is 17.9. The van der Waals surface area contributed by atoms with Crippen molar-refractivity contribution < 1.29 is 9.50 Å². The monoisotopic (exact) mass is 541 g/mol. The van der Waals surface area contributed by atoms with Crippen LogP contribution in [0.5, 0.6) is 0 Å². The quantitative estimate of drug-likeness (QED) is 0.232. The Labute approximate surface area is 198 Å². The van der Waals surface area contributed by atoms with Gasteiger partial charge in [-0.05, 0) is 44.2 Å². The minimum atomic E-state index is -1.11. The van der Waals surface area contributed by atoms with Gasteiger partial charge >= 0.3 is 0 Å². The lowest BCUT2D eigenvalue weighted by Gasteiger charge is -2.20. The van der Waals surface area contributed by atoms with Crippen molar-refractivity contribution in [1.82, 2.24) is 30.2 Å². The maximum atomic E-state index is 13.1. The van der Waals surface area contributed by atoms with Gasteiger partial charge in [0.25, 0.3) is 0 Å². The van der Waals surface area contributed by atoms with Gasteiger partial charge in [0.05, 0.1) is 24.1 Å². The second kappa shape index (κ2) is 11.2. The van der Waals surface area contributed by atoms with E-state index in [1.54, 1.807) is 40.8 Å². The molecular weight excluding hydrogens is 512 g/mol. The Bertz CT molecular complexity index is 982. The lowest BCUT2D eigenvalue weighted by molar-refractivity contribution is 0.0672. The van der Waals surface area contributed by atoms with Crippen LogP contribution < -0.4 is 10.6 Å². The van der Waals surface area contributed by atoms with Gasteiger partial charge in [0.15, 0.2) is 5.96 Å². The van der Waals surface area contributed by atoms with Crippen molar-refractivity contribution in [3.05, 3.63) is 66.0 Å². The first-order chi connectivity index (χ1) is 14.4. The Morgan fingerprint density at radius 1 is 1.23 bits per heavy atom. The van der Waals surface area contributed by atoms with Crippen molar-refractivity contribution in [3.8, 4) is 5.69 Å². The van der Waals surface area contributed by atoms with E-state index in [1.807, 2.05) is 26.2 Å². The van der Waals surface area contributed by atoms with E-state index in [0.717, 1.165) is 16.9 Å². The largest absolute Gasteiger partial charge is 0.383 e. The first kappa shape index (κ1) is 24.8. The number of guanidine groups is 1. The summed E-state index contributed by atoms with van der Waals surface area (Å²) in [5, 5.41) is 25.8. The molecule has 0 amide bonds. The highest BCUT2D eigenvalue weighted by atomic mass is 127. The molecule has 0 aliphatic carbocycles. The number of aliphatic imine (C=N–C) groups is 1. The summed E-state index contributed by atoms with van der Waals surface area (Å²) in [4.78, 5) is 4.51. The predicted octanol–water partition coefficient (Wildman–Crippen LogP) is 2.37. The molecule has 3 aromatic rings. The fraction of sp³-hybridized carbons (Fsp3) is 0.381. The minimum Gasteiger partial charge on any atom is -0.383 e. The van der Waals surface area contributed by atoms with E-state index in [2.05, 4.69) is 25.8 Å². The zero-order valence-corrected chi connectivity index (χ0v) is 20.2. The molecule has 0 aliphatic heterocycles.